The summed E-state index contributed by atoms with van der Waals surface area (Å²) in [6.07, 6.45) is 8.71. The molecule has 0 bridgehead atoms. The quantitative estimate of drug-likeness (QED) is 0.448. The minimum Gasteiger partial charge on any atom is -0.466 e. The molecule has 0 aromatic heterocycles. The van der Waals surface area contributed by atoms with Crippen molar-refractivity contribution in [3.63, 3.8) is 0 Å². The first kappa shape index (κ1) is 13.0. The zero-order valence-corrected chi connectivity index (χ0v) is 10.1. The fraction of sp³-hybridized carbons (Fsp3) is 0.133. The van der Waals surface area contributed by atoms with E-state index in [2.05, 4.69) is 16.9 Å². The average Bonchev–Trinajstić information content (AvgIpc) is 2.38. The van der Waals surface area contributed by atoms with Gasteiger partial charge in [-0.15, -0.1) is 0 Å². The Morgan fingerprint density at radius 2 is 1.82 bits per heavy atom. The van der Waals surface area contributed by atoms with Crippen LogP contribution in [0, 0.1) is 0 Å². The molecule has 0 aliphatic rings. The average molecular weight is 228 g/mol. The van der Waals surface area contributed by atoms with Gasteiger partial charge in [0.2, 0.25) is 0 Å². The molecule has 0 N–H and O–H groups in total. The van der Waals surface area contributed by atoms with E-state index in [0.29, 0.717) is 0 Å². The summed E-state index contributed by atoms with van der Waals surface area (Å²) < 4.78 is 4.47. The summed E-state index contributed by atoms with van der Waals surface area (Å²) in [6, 6.07) is 10.1. The lowest BCUT2D eigenvalue weighted by atomic mass is 10.1. The molecule has 2 heteroatoms. The topological polar surface area (TPSA) is 26.3 Å². The molecule has 1 rings (SSSR count). The summed E-state index contributed by atoms with van der Waals surface area (Å²) >= 11 is 0. The Hall–Kier alpha value is -2.09. The van der Waals surface area contributed by atoms with E-state index in [0.717, 1.165) is 0 Å². The van der Waals surface area contributed by atoms with Crippen molar-refractivity contribution in [3.8, 4) is 0 Å². The van der Waals surface area contributed by atoms with Crippen LogP contribution in [0.3, 0.4) is 0 Å². The van der Waals surface area contributed by atoms with Gasteiger partial charge in [0.1, 0.15) is 0 Å². The molecule has 0 radical (unpaired) electrons. The minimum atomic E-state index is -0.349. The number of carbonyl (C=O) groups excluding carboxylic acids is 1. The maximum atomic E-state index is 10.8. The van der Waals surface area contributed by atoms with E-state index in [1.807, 2.05) is 37.3 Å². The molecule has 1 aromatic rings. The molecular formula is C15H16O2. The van der Waals surface area contributed by atoms with Crippen LogP contribution < -0.4 is 0 Å². The van der Waals surface area contributed by atoms with Crippen molar-refractivity contribution < 1.29 is 9.53 Å². The van der Waals surface area contributed by atoms with Crippen LogP contribution in [0.1, 0.15) is 12.5 Å². The standard InChI is InChI=1S/C15H16O2/c1-13(14-10-6-4-7-11-14)9-5-3-8-12-15(16)17-2/h3-12H,1-2H3/b5-3+,12-8+,13-9-. The van der Waals surface area contributed by atoms with Crippen LogP contribution in [-0.2, 0) is 9.53 Å². The highest BCUT2D eigenvalue weighted by molar-refractivity contribution is 5.82. The third-order valence-corrected chi connectivity index (χ3v) is 2.23. The van der Waals surface area contributed by atoms with E-state index in [-0.39, 0.29) is 5.97 Å². The van der Waals surface area contributed by atoms with Gasteiger partial charge in [-0.1, -0.05) is 54.6 Å². The molecule has 0 fully saturated rings. The van der Waals surface area contributed by atoms with Gasteiger partial charge in [0.25, 0.3) is 0 Å². The Morgan fingerprint density at radius 3 is 2.47 bits per heavy atom. The first-order valence-electron chi connectivity index (χ1n) is 5.39. The number of carbonyl (C=O) groups is 1. The van der Waals surface area contributed by atoms with Crippen molar-refractivity contribution in [2.75, 3.05) is 7.11 Å². The highest BCUT2D eigenvalue weighted by Crippen LogP contribution is 2.12. The predicted molar refractivity (Wildman–Crippen MR) is 70.4 cm³/mol. The normalized spacial score (nSPS) is 12.2. The van der Waals surface area contributed by atoms with Gasteiger partial charge < -0.3 is 4.74 Å². The summed E-state index contributed by atoms with van der Waals surface area (Å²) in [5.74, 6) is -0.349. The van der Waals surface area contributed by atoms with Gasteiger partial charge in [-0.3, -0.25) is 0 Å². The van der Waals surface area contributed by atoms with Crippen molar-refractivity contribution in [1.82, 2.24) is 0 Å². The zero-order valence-electron chi connectivity index (χ0n) is 10.1. The second kappa shape index (κ2) is 7.23. The Kier molecular flexibility index (Phi) is 5.52. The molecule has 2 nitrogen and oxygen atoms in total. The molecule has 0 atom stereocenters. The molecule has 17 heavy (non-hydrogen) atoms. The predicted octanol–water partition coefficient (Wildman–Crippen LogP) is 3.38. The Labute approximate surface area is 102 Å². The smallest absolute Gasteiger partial charge is 0.330 e. The highest BCUT2D eigenvalue weighted by Gasteiger charge is 1.90. The van der Waals surface area contributed by atoms with E-state index in [1.54, 1.807) is 12.2 Å². The fourth-order valence-electron chi connectivity index (χ4n) is 1.26. The second-order valence-electron chi connectivity index (χ2n) is 3.48. The van der Waals surface area contributed by atoms with Crippen LogP contribution >= 0.6 is 0 Å². The van der Waals surface area contributed by atoms with Crippen LogP contribution in [0.5, 0.6) is 0 Å². The third kappa shape index (κ3) is 4.98. The number of methoxy groups -OCH3 is 1. The lowest BCUT2D eigenvalue weighted by molar-refractivity contribution is -0.134. The minimum absolute atomic E-state index is 0.349. The SMILES string of the molecule is COC(=O)/C=C/C=C/C=C(/C)c1ccccc1. The molecule has 1 aromatic carbocycles. The molecule has 88 valence electrons. The summed E-state index contributed by atoms with van der Waals surface area (Å²) in [6.45, 7) is 2.05. The van der Waals surface area contributed by atoms with Crippen molar-refractivity contribution in [1.29, 1.82) is 0 Å². The van der Waals surface area contributed by atoms with Crippen molar-refractivity contribution in [2.45, 2.75) is 6.92 Å². The first-order chi connectivity index (χ1) is 8.24. The van der Waals surface area contributed by atoms with Gasteiger partial charge in [0, 0.05) is 6.08 Å². The van der Waals surface area contributed by atoms with Gasteiger partial charge in [-0.25, -0.2) is 4.79 Å². The summed E-state index contributed by atoms with van der Waals surface area (Å²) in [4.78, 5) is 10.8. The molecule has 0 unspecified atom stereocenters. The van der Waals surface area contributed by atoms with Crippen LogP contribution in [0.2, 0.25) is 0 Å². The Bertz CT molecular complexity index is 439. The largest absolute Gasteiger partial charge is 0.466 e. The monoisotopic (exact) mass is 228 g/mol. The molecule has 0 saturated heterocycles. The second-order valence-corrected chi connectivity index (χ2v) is 3.48. The van der Waals surface area contributed by atoms with Gasteiger partial charge >= 0.3 is 5.97 Å². The van der Waals surface area contributed by atoms with Gasteiger partial charge in [0.05, 0.1) is 7.11 Å². The van der Waals surface area contributed by atoms with Gasteiger partial charge in [-0.05, 0) is 18.1 Å². The van der Waals surface area contributed by atoms with Crippen molar-refractivity contribution in [2.24, 2.45) is 0 Å². The Morgan fingerprint density at radius 1 is 1.12 bits per heavy atom. The highest BCUT2D eigenvalue weighted by atomic mass is 16.5. The van der Waals surface area contributed by atoms with E-state index < -0.39 is 0 Å². The first-order valence-corrected chi connectivity index (χ1v) is 5.39. The maximum absolute atomic E-state index is 10.8. The molecule has 0 aliphatic heterocycles. The molecule has 0 saturated carbocycles. The molecule has 0 spiro atoms. The number of benzene rings is 1. The Balaban J connectivity index is 2.57. The van der Waals surface area contributed by atoms with Gasteiger partial charge in [0.15, 0.2) is 0 Å². The lowest BCUT2D eigenvalue weighted by Gasteiger charge is -1.98. The van der Waals surface area contributed by atoms with E-state index >= 15 is 0 Å². The van der Waals surface area contributed by atoms with E-state index in [1.165, 1.54) is 24.3 Å². The summed E-state index contributed by atoms with van der Waals surface area (Å²) in [5, 5.41) is 0. The van der Waals surface area contributed by atoms with E-state index in [9.17, 15) is 4.79 Å². The van der Waals surface area contributed by atoms with E-state index in [4.69, 9.17) is 0 Å². The van der Waals surface area contributed by atoms with Crippen molar-refractivity contribution >= 4 is 11.5 Å². The lowest BCUT2D eigenvalue weighted by Crippen LogP contribution is -1.92. The molecular weight excluding hydrogens is 212 g/mol. The summed E-state index contributed by atoms with van der Waals surface area (Å²) in [5.41, 5.74) is 2.36. The zero-order chi connectivity index (χ0) is 12.5. The fourth-order valence-corrected chi connectivity index (χ4v) is 1.26. The number of allylic oxidation sites excluding steroid dienone is 5. The van der Waals surface area contributed by atoms with Crippen LogP contribution in [-0.4, -0.2) is 13.1 Å². The van der Waals surface area contributed by atoms with Crippen LogP contribution in [0.15, 0.2) is 60.7 Å². The summed E-state index contributed by atoms with van der Waals surface area (Å²) in [7, 11) is 1.36. The number of esters is 1. The maximum Gasteiger partial charge on any atom is 0.330 e. The third-order valence-electron chi connectivity index (χ3n) is 2.23. The number of rotatable bonds is 4. The van der Waals surface area contributed by atoms with Crippen LogP contribution in [0.4, 0.5) is 0 Å². The number of hydrogen-bond donors (Lipinski definition) is 0. The molecule has 0 amide bonds. The number of hydrogen-bond acceptors (Lipinski definition) is 2. The van der Waals surface area contributed by atoms with Crippen molar-refractivity contribution in [3.05, 3.63) is 66.3 Å². The molecule has 0 aliphatic carbocycles. The number of ether oxygens (including phenoxy) is 1. The molecule has 0 heterocycles. The van der Waals surface area contributed by atoms with Gasteiger partial charge in [-0.2, -0.15) is 0 Å². The van der Waals surface area contributed by atoms with Crippen LogP contribution in [0.25, 0.3) is 5.57 Å².